The normalized spacial score (nSPS) is 10.6. The molecule has 134 valence electrons. The number of nitrogens with one attached hydrogen (secondary N) is 2. The van der Waals surface area contributed by atoms with Gasteiger partial charge in [-0.15, -0.1) is 10.2 Å². The summed E-state index contributed by atoms with van der Waals surface area (Å²) in [5, 5.41) is 14.5. The molecule has 0 bridgehead atoms. The van der Waals surface area contributed by atoms with Crippen molar-refractivity contribution in [3.05, 3.63) is 59.4 Å². The van der Waals surface area contributed by atoms with Crippen LogP contribution in [0.1, 0.15) is 11.1 Å². The summed E-state index contributed by atoms with van der Waals surface area (Å²) in [6.45, 7) is 3.94. The lowest BCUT2D eigenvalue weighted by Crippen LogP contribution is -2.14. The third-order valence-electron chi connectivity index (χ3n) is 3.48. The number of anilines is 3. The molecule has 0 spiro atoms. The first-order valence-corrected chi connectivity index (χ1v) is 9.66. The van der Waals surface area contributed by atoms with Gasteiger partial charge in [-0.2, -0.15) is 0 Å². The number of thioether (sulfide) groups is 1. The van der Waals surface area contributed by atoms with Crippen LogP contribution in [0.3, 0.4) is 0 Å². The van der Waals surface area contributed by atoms with Crippen molar-refractivity contribution in [3.8, 4) is 0 Å². The highest BCUT2D eigenvalue weighted by Crippen LogP contribution is 2.28. The number of carbonyl (C=O) groups is 1. The van der Waals surface area contributed by atoms with Crippen LogP contribution in [0, 0.1) is 19.7 Å². The van der Waals surface area contributed by atoms with Crippen LogP contribution in [-0.2, 0) is 4.79 Å². The van der Waals surface area contributed by atoms with E-state index < -0.39 is 0 Å². The van der Waals surface area contributed by atoms with Crippen molar-refractivity contribution in [2.45, 2.75) is 18.2 Å². The Hall–Kier alpha value is -2.45. The summed E-state index contributed by atoms with van der Waals surface area (Å²) >= 11 is 2.63. The number of rotatable bonds is 6. The molecular formula is C18H17FN4OS2. The Bertz CT molecular complexity index is 929. The minimum atomic E-state index is -0.322. The first-order valence-electron chi connectivity index (χ1n) is 7.85. The van der Waals surface area contributed by atoms with E-state index in [1.54, 1.807) is 12.1 Å². The number of benzene rings is 2. The van der Waals surface area contributed by atoms with Crippen LogP contribution in [0.5, 0.6) is 0 Å². The molecule has 0 saturated heterocycles. The van der Waals surface area contributed by atoms with Gasteiger partial charge in [0.05, 0.1) is 5.75 Å². The Morgan fingerprint density at radius 1 is 1.19 bits per heavy atom. The minimum Gasteiger partial charge on any atom is -0.330 e. The van der Waals surface area contributed by atoms with Crippen LogP contribution >= 0.6 is 23.1 Å². The van der Waals surface area contributed by atoms with Gasteiger partial charge >= 0.3 is 0 Å². The van der Waals surface area contributed by atoms with E-state index >= 15 is 0 Å². The fraction of sp³-hybridized carbons (Fsp3) is 0.167. The van der Waals surface area contributed by atoms with Gasteiger partial charge in [0.2, 0.25) is 11.0 Å². The highest BCUT2D eigenvalue weighted by Gasteiger charge is 2.10. The van der Waals surface area contributed by atoms with Crippen LogP contribution in [-0.4, -0.2) is 21.9 Å². The maximum absolute atomic E-state index is 13.2. The van der Waals surface area contributed by atoms with E-state index in [1.807, 2.05) is 32.0 Å². The fourth-order valence-corrected chi connectivity index (χ4v) is 3.76. The summed E-state index contributed by atoms with van der Waals surface area (Å²) in [6, 6.07) is 12.1. The highest BCUT2D eigenvalue weighted by atomic mass is 32.2. The van der Waals surface area contributed by atoms with Gasteiger partial charge in [-0.25, -0.2) is 4.39 Å². The standard InChI is InChI=1S/C18H17FN4OS2/c1-11-6-7-12(2)15(8-11)21-16(24)10-25-18-23-22-17(26-18)20-14-5-3-4-13(19)9-14/h3-9H,10H2,1-2H3,(H,20,22)(H,21,24). The lowest BCUT2D eigenvalue weighted by Gasteiger charge is -2.08. The van der Waals surface area contributed by atoms with Gasteiger partial charge in [-0.3, -0.25) is 4.79 Å². The number of hydrogen-bond donors (Lipinski definition) is 2. The number of nitrogens with zero attached hydrogens (tertiary/aromatic N) is 2. The van der Waals surface area contributed by atoms with E-state index in [0.29, 0.717) is 15.2 Å². The molecule has 0 unspecified atom stereocenters. The predicted molar refractivity (Wildman–Crippen MR) is 105 cm³/mol. The molecule has 3 aromatic rings. The molecule has 2 aromatic carbocycles. The summed E-state index contributed by atoms with van der Waals surface area (Å²) in [7, 11) is 0. The number of hydrogen-bond acceptors (Lipinski definition) is 6. The Balaban J connectivity index is 1.54. The number of aryl methyl sites for hydroxylation is 2. The molecular weight excluding hydrogens is 371 g/mol. The second kappa shape index (κ2) is 8.29. The van der Waals surface area contributed by atoms with E-state index in [-0.39, 0.29) is 17.5 Å². The summed E-state index contributed by atoms with van der Waals surface area (Å²) in [4.78, 5) is 12.2. The molecule has 1 aromatic heterocycles. The molecule has 0 aliphatic rings. The maximum atomic E-state index is 13.2. The van der Waals surface area contributed by atoms with E-state index in [1.165, 1.54) is 35.2 Å². The van der Waals surface area contributed by atoms with Gasteiger partial charge in [-0.05, 0) is 49.2 Å². The summed E-state index contributed by atoms with van der Waals surface area (Å²) in [5.41, 5.74) is 3.54. The maximum Gasteiger partial charge on any atom is 0.234 e. The van der Waals surface area contributed by atoms with Crippen LogP contribution in [0.4, 0.5) is 20.9 Å². The molecule has 0 fully saturated rings. The zero-order valence-electron chi connectivity index (χ0n) is 14.2. The number of aromatic nitrogens is 2. The van der Waals surface area contributed by atoms with Gasteiger partial charge in [0.1, 0.15) is 5.82 Å². The second-order valence-corrected chi connectivity index (χ2v) is 7.86. The van der Waals surface area contributed by atoms with Crippen LogP contribution in [0.25, 0.3) is 0 Å². The summed E-state index contributed by atoms with van der Waals surface area (Å²) in [6.07, 6.45) is 0. The smallest absolute Gasteiger partial charge is 0.234 e. The van der Waals surface area contributed by atoms with Crippen LogP contribution in [0.2, 0.25) is 0 Å². The topological polar surface area (TPSA) is 66.9 Å². The molecule has 0 atom stereocenters. The zero-order valence-corrected chi connectivity index (χ0v) is 15.9. The third kappa shape index (κ3) is 5.03. The van der Waals surface area contributed by atoms with E-state index in [4.69, 9.17) is 0 Å². The van der Waals surface area contributed by atoms with E-state index in [2.05, 4.69) is 20.8 Å². The highest BCUT2D eigenvalue weighted by molar-refractivity contribution is 8.01. The third-order valence-corrected chi connectivity index (χ3v) is 5.45. The molecule has 0 aliphatic carbocycles. The van der Waals surface area contributed by atoms with Crippen molar-refractivity contribution in [2.24, 2.45) is 0 Å². The zero-order chi connectivity index (χ0) is 18.5. The van der Waals surface area contributed by atoms with Crippen molar-refractivity contribution < 1.29 is 9.18 Å². The van der Waals surface area contributed by atoms with Crippen LogP contribution in [0.15, 0.2) is 46.8 Å². The molecule has 1 amide bonds. The monoisotopic (exact) mass is 388 g/mol. The molecule has 3 rings (SSSR count). The SMILES string of the molecule is Cc1ccc(C)c(NC(=O)CSc2nnc(Nc3cccc(F)c3)s2)c1. The first-order chi connectivity index (χ1) is 12.5. The molecule has 2 N–H and O–H groups in total. The van der Waals surface area contributed by atoms with E-state index in [0.717, 1.165) is 16.8 Å². The van der Waals surface area contributed by atoms with E-state index in [9.17, 15) is 9.18 Å². The average molecular weight is 388 g/mol. The Kier molecular flexibility index (Phi) is 5.85. The lowest BCUT2D eigenvalue weighted by atomic mass is 10.1. The molecule has 0 saturated carbocycles. The number of halogens is 1. The Morgan fingerprint density at radius 3 is 2.85 bits per heavy atom. The summed E-state index contributed by atoms with van der Waals surface area (Å²) < 4.78 is 13.9. The Morgan fingerprint density at radius 2 is 2.04 bits per heavy atom. The predicted octanol–water partition coefficient (Wildman–Crippen LogP) is 4.77. The second-order valence-electron chi connectivity index (χ2n) is 5.66. The quantitative estimate of drug-likeness (QED) is 0.596. The van der Waals surface area contributed by atoms with Gasteiger partial charge in [0.15, 0.2) is 4.34 Å². The van der Waals surface area contributed by atoms with Crippen molar-refractivity contribution in [3.63, 3.8) is 0 Å². The first kappa shape index (κ1) is 18.3. The van der Waals surface area contributed by atoms with Crippen molar-refractivity contribution in [1.82, 2.24) is 10.2 Å². The molecule has 1 heterocycles. The molecule has 0 radical (unpaired) electrons. The number of carbonyl (C=O) groups excluding carboxylic acids is 1. The average Bonchev–Trinajstić information content (AvgIpc) is 3.04. The largest absolute Gasteiger partial charge is 0.330 e. The van der Waals surface area contributed by atoms with Gasteiger partial charge in [0, 0.05) is 11.4 Å². The van der Waals surface area contributed by atoms with Crippen molar-refractivity contribution in [2.75, 3.05) is 16.4 Å². The minimum absolute atomic E-state index is 0.0986. The molecule has 26 heavy (non-hydrogen) atoms. The van der Waals surface area contributed by atoms with Gasteiger partial charge in [0.25, 0.3) is 0 Å². The number of amides is 1. The van der Waals surface area contributed by atoms with Crippen molar-refractivity contribution in [1.29, 1.82) is 0 Å². The van der Waals surface area contributed by atoms with Crippen molar-refractivity contribution >= 4 is 45.5 Å². The van der Waals surface area contributed by atoms with Crippen LogP contribution < -0.4 is 10.6 Å². The van der Waals surface area contributed by atoms with Gasteiger partial charge < -0.3 is 10.6 Å². The molecule has 5 nitrogen and oxygen atoms in total. The molecule has 8 heteroatoms. The van der Waals surface area contributed by atoms with Gasteiger partial charge in [-0.1, -0.05) is 41.3 Å². The fourth-order valence-electron chi connectivity index (χ4n) is 2.19. The summed E-state index contributed by atoms with van der Waals surface area (Å²) in [5.74, 6) is -0.183. The lowest BCUT2D eigenvalue weighted by molar-refractivity contribution is -0.113. The molecule has 0 aliphatic heterocycles. The Labute approximate surface area is 159 Å².